The van der Waals surface area contributed by atoms with E-state index in [9.17, 15) is 4.79 Å². The van der Waals surface area contributed by atoms with Crippen molar-refractivity contribution >= 4 is 11.7 Å². The van der Waals surface area contributed by atoms with Gasteiger partial charge in [-0.25, -0.2) is 4.79 Å². The molecular formula is C12H16N2O. The number of nitrogens with zero attached hydrogens (tertiary/aromatic N) is 1. The summed E-state index contributed by atoms with van der Waals surface area (Å²) in [6.07, 6.45) is 3.50. The molecule has 0 aliphatic carbocycles. The van der Waals surface area contributed by atoms with Gasteiger partial charge in [0.25, 0.3) is 0 Å². The van der Waals surface area contributed by atoms with Crippen LogP contribution in [-0.2, 0) is 0 Å². The van der Waals surface area contributed by atoms with Crippen molar-refractivity contribution in [1.29, 1.82) is 0 Å². The highest BCUT2D eigenvalue weighted by molar-refractivity contribution is 5.89. The molecule has 1 fully saturated rings. The van der Waals surface area contributed by atoms with Gasteiger partial charge in [0, 0.05) is 18.8 Å². The summed E-state index contributed by atoms with van der Waals surface area (Å²) in [5, 5.41) is 2.90. The van der Waals surface area contributed by atoms with E-state index >= 15 is 0 Å². The molecule has 1 aromatic carbocycles. The molecule has 15 heavy (non-hydrogen) atoms. The Kier molecular flexibility index (Phi) is 3.22. The third kappa shape index (κ3) is 2.72. The Hall–Kier alpha value is -1.51. The second-order valence-electron chi connectivity index (χ2n) is 3.84. The number of benzene rings is 1. The van der Waals surface area contributed by atoms with E-state index in [0.717, 1.165) is 31.6 Å². The summed E-state index contributed by atoms with van der Waals surface area (Å²) in [5.41, 5.74) is 0.869. The third-order valence-electron chi connectivity index (χ3n) is 2.67. The minimum atomic E-state index is 0.0286. The molecular weight excluding hydrogens is 187 g/mol. The van der Waals surface area contributed by atoms with E-state index < -0.39 is 0 Å². The zero-order valence-electron chi connectivity index (χ0n) is 8.78. The summed E-state index contributed by atoms with van der Waals surface area (Å²) >= 11 is 0. The van der Waals surface area contributed by atoms with Crippen molar-refractivity contribution in [3.05, 3.63) is 30.3 Å². The summed E-state index contributed by atoms with van der Waals surface area (Å²) in [5.74, 6) is 0. The lowest BCUT2D eigenvalue weighted by Crippen LogP contribution is -2.38. The number of likely N-dealkylation sites (tertiary alicyclic amines) is 1. The molecule has 1 aliphatic rings. The molecule has 0 bridgehead atoms. The maximum Gasteiger partial charge on any atom is 0.321 e. The summed E-state index contributed by atoms with van der Waals surface area (Å²) in [6, 6.07) is 9.62. The monoisotopic (exact) mass is 203 g/mol. The quantitative estimate of drug-likeness (QED) is 0.747. The first-order valence-corrected chi connectivity index (χ1v) is 5.47. The van der Waals surface area contributed by atoms with Crippen molar-refractivity contribution in [1.82, 2.24) is 4.90 Å². The lowest BCUT2D eigenvalue weighted by molar-refractivity contribution is 0.200. The number of rotatable bonds is 1. The van der Waals surface area contributed by atoms with Gasteiger partial charge in [-0.3, -0.25) is 0 Å². The van der Waals surface area contributed by atoms with E-state index in [1.165, 1.54) is 6.42 Å². The average Bonchev–Trinajstić information content (AvgIpc) is 2.31. The third-order valence-corrected chi connectivity index (χ3v) is 2.67. The maximum absolute atomic E-state index is 11.8. The molecule has 0 aromatic heterocycles. The highest BCUT2D eigenvalue weighted by atomic mass is 16.1. The molecule has 2 amide bonds. The molecule has 0 spiro atoms. The van der Waals surface area contributed by atoms with Crippen molar-refractivity contribution in [3.63, 3.8) is 0 Å². The van der Waals surface area contributed by atoms with Gasteiger partial charge in [0.1, 0.15) is 0 Å². The molecule has 0 unspecified atom stereocenters. The standard InChI is InChI=1S/C12H16N2O/c15-12(14-9-5-2-6-10-14)13-11-7-3-1-4-8-11/h1,3-4,7-8H,2,5-6,9-10H2,(H,13,15)/i12-1. The Bertz CT molecular complexity index is 318. The van der Waals surface area contributed by atoms with Crippen LogP contribution in [0, 0.1) is 0 Å². The van der Waals surface area contributed by atoms with Crippen LogP contribution in [0.3, 0.4) is 0 Å². The van der Waals surface area contributed by atoms with Crippen molar-refractivity contribution < 1.29 is 4.79 Å². The van der Waals surface area contributed by atoms with Crippen LogP contribution >= 0.6 is 0 Å². The summed E-state index contributed by atoms with van der Waals surface area (Å²) < 4.78 is 0. The predicted octanol–water partition coefficient (Wildman–Crippen LogP) is 2.70. The summed E-state index contributed by atoms with van der Waals surface area (Å²) in [4.78, 5) is 13.7. The van der Waals surface area contributed by atoms with Crippen LogP contribution in [0.2, 0.25) is 0 Å². The van der Waals surface area contributed by atoms with Gasteiger partial charge in [0.2, 0.25) is 0 Å². The molecule has 1 saturated heterocycles. The van der Waals surface area contributed by atoms with Gasteiger partial charge in [0.15, 0.2) is 0 Å². The molecule has 0 radical (unpaired) electrons. The first-order chi connectivity index (χ1) is 7.36. The first-order valence-electron chi connectivity index (χ1n) is 5.47. The first kappa shape index (κ1) is 10.0. The van der Waals surface area contributed by atoms with E-state index in [1.807, 2.05) is 35.2 Å². The number of piperidine rings is 1. The fourth-order valence-corrected chi connectivity index (χ4v) is 1.82. The van der Waals surface area contributed by atoms with E-state index in [1.54, 1.807) is 0 Å². The normalized spacial score (nSPS) is 16.1. The van der Waals surface area contributed by atoms with Crippen molar-refractivity contribution in [2.24, 2.45) is 0 Å². The number of para-hydroxylation sites is 1. The Morgan fingerprint density at radius 2 is 1.73 bits per heavy atom. The predicted molar refractivity (Wildman–Crippen MR) is 60.9 cm³/mol. The van der Waals surface area contributed by atoms with Gasteiger partial charge in [-0.1, -0.05) is 18.2 Å². The van der Waals surface area contributed by atoms with E-state index in [0.29, 0.717) is 0 Å². The van der Waals surface area contributed by atoms with Crippen molar-refractivity contribution in [3.8, 4) is 0 Å². The van der Waals surface area contributed by atoms with Gasteiger partial charge >= 0.3 is 6.03 Å². The Morgan fingerprint density at radius 3 is 2.40 bits per heavy atom. The van der Waals surface area contributed by atoms with Crippen LogP contribution < -0.4 is 5.32 Å². The topological polar surface area (TPSA) is 32.3 Å². The maximum atomic E-state index is 11.8. The van der Waals surface area contributed by atoms with Crippen molar-refractivity contribution in [2.45, 2.75) is 19.3 Å². The van der Waals surface area contributed by atoms with Gasteiger partial charge in [0.05, 0.1) is 0 Å². The molecule has 2 rings (SSSR count). The molecule has 3 nitrogen and oxygen atoms in total. The molecule has 1 heterocycles. The Morgan fingerprint density at radius 1 is 1.07 bits per heavy atom. The molecule has 0 atom stereocenters. The Labute approximate surface area is 90.1 Å². The van der Waals surface area contributed by atoms with Gasteiger partial charge in [-0.05, 0) is 31.4 Å². The van der Waals surface area contributed by atoms with Crippen LogP contribution in [0.25, 0.3) is 0 Å². The number of carbonyl (C=O) groups excluding carboxylic acids is 1. The number of anilines is 1. The largest absolute Gasteiger partial charge is 0.325 e. The van der Waals surface area contributed by atoms with E-state index in [-0.39, 0.29) is 6.03 Å². The zero-order chi connectivity index (χ0) is 10.5. The van der Waals surface area contributed by atoms with Crippen LogP contribution in [0.4, 0.5) is 10.5 Å². The number of amides is 2. The van der Waals surface area contributed by atoms with Gasteiger partial charge < -0.3 is 10.2 Å². The zero-order valence-corrected chi connectivity index (χ0v) is 8.78. The highest BCUT2D eigenvalue weighted by Crippen LogP contribution is 2.11. The van der Waals surface area contributed by atoms with E-state index in [2.05, 4.69) is 5.32 Å². The number of urea groups is 1. The lowest BCUT2D eigenvalue weighted by Gasteiger charge is -2.26. The molecule has 1 N–H and O–H groups in total. The van der Waals surface area contributed by atoms with Crippen LogP contribution in [0.5, 0.6) is 0 Å². The van der Waals surface area contributed by atoms with Gasteiger partial charge in [-0.2, -0.15) is 0 Å². The minimum absolute atomic E-state index is 0.0286. The van der Waals surface area contributed by atoms with Crippen molar-refractivity contribution in [2.75, 3.05) is 18.4 Å². The summed E-state index contributed by atoms with van der Waals surface area (Å²) in [7, 11) is 0. The van der Waals surface area contributed by atoms with Crippen LogP contribution in [0.1, 0.15) is 19.3 Å². The molecule has 3 heteroatoms. The molecule has 80 valence electrons. The number of carbonyl (C=O) groups is 1. The fourth-order valence-electron chi connectivity index (χ4n) is 1.82. The molecule has 1 aromatic rings. The summed E-state index contributed by atoms with van der Waals surface area (Å²) in [6.45, 7) is 1.78. The fraction of sp³-hybridized carbons (Fsp3) is 0.417. The van der Waals surface area contributed by atoms with Gasteiger partial charge in [-0.15, -0.1) is 0 Å². The number of nitrogens with one attached hydrogen (secondary N) is 1. The minimum Gasteiger partial charge on any atom is -0.325 e. The van der Waals surface area contributed by atoms with Crippen LogP contribution in [-0.4, -0.2) is 24.0 Å². The second kappa shape index (κ2) is 4.82. The molecule has 1 aliphatic heterocycles. The molecule has 0 saturated carbocycles. The number of hydrogen-bond donors (Lipinski definition) is 1. The van der Waals surface area contributed by atoms with Crippen LogP contribution in [0.15, 0.2) is 30.3 Å². The lowest BCUT2D eigenvalue weighted by atomic mass is 10.0. The second-order valence-corrected chi connectivity index (χ2v) is 3.84. The average molecular weight is 203 g/mol. The Balaban J connectivity index is 1.91. The SMILES string of the molecule is O=[11C](Nc1ccccc1)N1CCCCC1. The highest BCUT2D eigenvalue weighted by Gasteiger charge is 2.15. The van der Waals surface area contributed by atoms with E-state index in [4.69, 9.17) is 0 Å². The number of hydrogen-bond acceptors (Lipinski definition) is 1. The smallest absolute Gasteiger partial charge is 0.321 e.